The third kappa shape index (κ3) is 4.63. The van der Waals surface area contributed by atoms with E-state index < -0.39 is 26.7 Å². The highest BCUT2D eigenvalue weighted by Crippen LogP contribution is 2.34. The molecule has 0 unspecified atom stereocenters. The molecule has 11 heteroatoms. The van der Waals surface area contributed by atoms with Gasteiger partial charge in [-0.15, -0.1) is 11.0 Å². The molecule has 30 heavy (non-hydrogen) atoms. The molecule has 2 aromatic carbocycles. The van der Waals surface area contributed by atoms with E-state index >= 15 is 0 Å². The van der Waals surface area contributed by atoms with Crippen molar-refractivity contribution in [2.24, 2.45) is 4.40 Å². The number of carbonyl (C=O) groups is 1. The summed E-state index contributed by atoms with van der Waals surface area (Å²) in [6, 6.07) is 9.71. The molecule has 0 N–H and O–H groups in total. The van der Waals surface area contributed by atoms with Crippen molar-refractivity contribution in [1.82, 2.24) is 4.90 Å². The average molecular weight is 447 g/mol. The Hall–Kier alpha value is -3.31. The van der Waals surface area contributed by atoms with Crippen LogP contribution < -0.4 is 0 Å². The number of benzene rings is 2. The Bertz CT molecular complexity index is 1170. The van der Waals surface area contributed by atoms with Gasteiger partial charge in [-0.2, -0.15) is 8.42 Å². The van der Waals surface area contributed by atoms with Gasteiger partial charge in [0.1, 0.15) is 5.82 Å². The number of amides is 1. The molecule has 0 aliphatic carbocycles. The highest BCUT2D eigenvalue weighted by molar-refractivity contribution is 8.19. The van der Waals surface area contributed by atoms with E-state index in [1.165, 1.54) is 36.4 Å². The molecule has 0 spiro atoms. The minimum Gasteiger partial charge on any atom is -0.282 e. The number of nitro benzene ring substituents is 1. The SMILES string of the molecule is C=CCN1C(=O)C(=Cc2ccc([N+](=O)[O-])cc2)SC1=NS(=O)(=O)c1ccc(F)cc1. The van der Waals surface area contributed by atoms with E-state index in [-0.39, 0.29) is 27.2 Å². The van der Waals surface area contributed by atoms with Crippen molar-refractivity contribution in [2.75, 3.05) is 6.54 Å². The molecule has 3 rings (SSSR count). The van der Waals surface area contributed by atoms with Crippen LogP contribution >= 0.6 is 11.8 Å². The molecule has 0 aromatic heterocycles. The summed E-state index contributed by atoms with van der Waals surface area (Å²) in [5, 5.41) is 10.7. The van der Waals surface area contributed by atoms with E-state index in [9.17, 15) is 27.7 Å². The highest BCUT2D eigenvalue weighted by Gasteiger charge is 2.34. The Morgan fingerprint density at radius 1 is 1.17 bits per heavy atom. The summed E-state index contributed by atoms with van der Waals surface area (Å²) < 4.78 is 41.9. The van der Waals surface area contributed by atoms with Gasteiger partial charge in [0.15, 0.2) is 5.17 Å². The van der Waals surface area contributed by atoms with Gasteiger partial charge in [0, 0.05) is 18.7 Å². The quantitative estimate of drug-likeness (QED) is 0.290. The lowest BCUT2D eigenvalue weighted by Gasteiger charge is -2.12. The first-order chi connectivity index (χ1) is 14.2. The summed E-state index contributed by atoms with van der Waals surface area (Å²) in [6.45, 7) is 3.59. The highest BCUT2D eigenvalue weighted by atomic mass is 32.2. The fourth-order valence-electron chi connectivity index (χ4n) is 2.47. The molecule has 0 bridgehead atoms. The van der Waals surface area contributed by atoms with Crippen molar-refractivity contribution >= 4 is 44.6 Å². The first-order valence-corrected chi connectivity index (χ1v) is 10.6. The molecule has 1 fully saturated rings. The molecule has 0 atom stereocenters. The van der Waals surface area contributed by atoms with Crippen molar-refractivity contribution in [1.29, 1.82) is 0 Å². The maximum absolute atomic E-state index is 13.1. The Balaban J connectivity index is 1.96. The second kappa shape index (κ2) is 8.59. The van der Waals surface area contributed by atoms with Crippen LogP contribution in [-0.4, -0.2) is 35.9 Å². The second-order valence-electron chi connectivity index (χ2n) is 5.97. The Kier molecular flexibility index (Phi) is 6.13. The van der Waals surface area contributed by atoms with E-state index in [0.717, 1.165) is 40.9 Å². The topological polar surface area (TPSA) is 110 Å². The molecule has 1 amide bonds. The summed E-state index contributed by atoms with van der Waals surface area (Å²) in [4.78, 5) is 24.1. The van der Waals surface area contributed by atoms with E-state index in [1.54, 1.807) is 0 Å². The number of rotatable bonds is 6. The second-order valence-corrected chi connectivity index (χ2v) is 8.58. The van der Waals surface area contributed by atoms with E-state index in [0.29, 0.717) is 5.56 Å². The summed E-state index contributed by atoms with van der Waals surface area (Å²) in [5.41, 5.74) is 0.432. The fourth-order valence-corrected chi connectivity index (χ4v) is 4.66. The van der Waals surface area contributed by atoms with Crippen molar-refractivity contribution < 1.29 is 22.5 Å². The zero-order chi connectivity index (χ0) is 21.9. The maximum Gasteiger partial charge on any atom is 0.284 e. The molecule has 1 aliphatic rings. The van der Waals surface area contributed by atoms with Crippen LogP contribution in [0.5, 0.6) is 0 Å². The molecular formula is C19H14FN3O5S2. The smallest absolute Gasteiger partial charge is 0.282 e. The molecule has 154 valence electrons. The zero-order valence-corrected chi connectivity index (χ0v) is 16.9. The Labute approximate surface area is 175 Å². The van der Waals surface area contributed by atoms with Crippen LogP contribution in [0.1, 0.15) is 5.56 Å². The van der Waals surface area contributed by atoms with Gasteiger partial charge in [0.2, 0.25) is 0 Å². The number of amidine groups is 1. The molecule has 1 saturated heterocycles. The van der Waals surface area contributed by atoms with Crippen molar-refractivity contribution in [2.45, 2.75) is 4.90 Å². The van der Waals surface area contributed by atoms with E-state index in [4.69, 9.17) is 0 Å². The molecule has 8 nitrogen and oxygen atoms in total. The summed E-state index contributed by atoms with van der Waals surface area (Å²) >= 11 is 0.849. The Morgan fingerprint density at radius 3 is 2.37 bits per heavy atom. The van der Waals surface area contributed by atoms with Gasteiger partial charge in [-0.25, -0.2) is 4.39 Å². The van der Waals surface area contributed by atoms with Crippen LogP contribution in [0.3, 0.4) is 0 Å². The molecule has 0 saturated carbocycles. The number of hydrogen-bond donors (Lipinski definition) is 0. The van der Waals surface area contributed by atoms with Crippen LogP contribution in [0.2, 0.25) is 0 Å². The number of hydrogen-bond acceptors (Lipinski definition) is 6. The number of nitrogens with zero attached hydrogens (tertiary/aromatic N) is 3. The third-order valence-corrected chi connectivity index (χ3v) is 6.31. The number of non-ortho nitro benzene ring substituents is 1. The predicted molar refractivity (Wildman–Crippen MR) is 112 cm³/mol. The normalized spacial score (nSPS) is 17.0. The maximum atomic E-state index is 13.1. The van der Waals surface area contributed by atoms with Gasteiger partial charge >= 0.3 is 0 Å². The van der Waals surface area contributed by atoms with Crippen LogP contribution in [0, 0.1) is 15.9 Å². The third-order valence-electron chi connectivity index (χ3n) is 3.91. The number of thioether (sulfide) groups is 1. The van der Waals surface area contributed by atoms with Crippen molar-refractivity contribution in [3.05, 3.63) is 87.6 Å². The largest absolute Gasteiger partial charge is 0.284 e. The number of sulfonamides is 1. The lowest BCUT2D eigenvalue weighted by Crippen LogP contribution is -2.29. The monoisotopic (exact) mass is 447 g/mol. The van der Waals surface area contributed by atoms with E-state index in [1.807, 2.05) is 0 Å². The first kappa shape index (κ1) is 21.4. The number of halogens is 1. The fraction of sp³-hybridized carbons (Fsp3) is 0.0526. The minimum absolute atomic E-state index is 0.0290. The zero-order valence-electron chi connectivity index (χ0n) is 15.3. The summed E-state index contributed by atoms with van der Waals surface area (Å²) in [7, 11) is -4.18. The molecular weight excluding hydrogens is 433 g/mol. The van der Waals surface area contributed by atoms with Crippen LogP contribution in [0.4, 0.5) is 10.1 Å². The molecule has 1 heterocycles. The van der Waals surface area contributed by atoms with Gasteiger partial charge in [-0.1, -0.05) is 6.08 Å². The summed E-state index contributed by atoms with van der Waals surface area (Å²) in [6.07, 6.45) is 2.91. The van der Waals surface area contributed by atoms with Gasteiger partial charge < -0.3 is 0 Å². The lowest BCUT2D eigenvalue weighted by atomic mass is 10.2. The van der Waals surface area contributed by atoms with Gasteiger partial charge in [0.05, 0.1) is 14.7 Å². The standard InChI is InChI=1S/C19H14FN3O5S2/c1-2-11-22-18(24)17(12-13-3-7-15(8-4-13)23(25)26)29-19(22)21-30(27,28)16-9-5-14(20)6-10-16/h2-10,12H,1,11H2. The number of nitro groups is 1. The average Bonchev–Trinajstić information content (AvgIpc) is 2.97. The van der Waals surface area contributed by atoms with Gasteiger partial charge in [0.25, 0.3) is 21.6 Å². The number of carbonyl (C=O) groups excluding carboxylic acids is 1. The minimum atomic E-state index is -4.18. The van der Waals surface area contributed by atoms with Gasteiger partial charge in [-0.05, 0) is 59.8 Å². The van der Waals surface area contributed by atoms with Crippen molar-refractivity contribution in [3.8, 4) is 0 Å². The molecule has 2 aromatic rings. The van der Waals surface area contributed by atoms with Crippen LogP contribution in [-0.2, 0) is 14.8 Å². The van der Waals surface area contributed by atoms with E-state index in [2.05, 4.69) is 11.0 Å². The first-order valence-electron chi connectivity index (χ1n) is 8.38. The lowest BCUT2D eigenvalue weighted by molar-refractivity contribution is -0.384. The predicted octanol–water partition coefficient (Wildman–Crippen LogP) is 3.58. The molecule has 1 aliphatic heterocycles. The molecule has 0 radical (unpaired) electrons. The summed E-state index contributed by atoms with van der Waals surface area (Å²) in [5.74, 6) is -1.07. The Morgan fingerprint density at radius 2 is 1.80 bits per heavy atom. The van der Waals surface area contributed by atoms with Crippen molar-refractivity contribution in [3.63, 3.8) is 0 Å². The van der Waals surface area contributed by atoms with Gasteiger partial charge in [-0.3, -0.25) is 19.8 Å². The van der Waals surface area contributed by atoms with Crippen LogP contribution in [0.15, 0.2) is 75.4 Å². The van der Waals surface area contributed by atoms with Crippen LogP contribution in [0.25, 0.3) is 6.08 Å².